The maximum Gasteiger partial charge on any atom is 0.130 e. The maximum atomic E-state index is 10.9. The molecule has 1 aromatic rings. The Morgan fingerprint density at radius 1 is 1.32 bits per heavy atom. The van der Waals surface area contributed by atoms with Crippen LogP contribution in [0.15, 0.2) is 12.6 Å². The minimum absolute atomic E-state index is 0.148. The van der Waals surface area contributed by atoms with E-state index >= 15 is 0 Å². The predicted molar refractivity (Wildman–Crippen MR) is 91.5 cm³/mol. The molecule has 0 aliphatic heterocycles. The van der Waals surface area contributed by atoms with Gasteiger partial charge in [0.1, 0.15) is 11.5 Å². The van der Waals surface area contributed by atoms with E-state index in [2.05, 4.69) is 33.4 Å². The van der Waals surface area contributed by atoms with Crippen molar-refractivity contribution in [3.63, 3.8) is 0 Å². The van der Waals surface area contributed by atoms with Crippen LogP contribution in [0.25, 0.3) is 5.57 Å². The van der Waals surface area contributed by atoms with Gasteiger partial charge in [-0.1, -0.05) is 33.8 Å². The van der Waals surface area contributed by atoms with Crippen molar-refractivity contribution < 1.29 is 9.84 Å². The highest BCUT2D eigenvalue weighted by atomic mass is 16.5. The highest BCUT2D eigenvalue weighted by Gasteiger charge is 2.53. The van der Waals surface area contributed by atoms with Gasteiger partial charge in [0, 0.05) is 0 Å². The van der Waals surface area contributed by atoms with Gasteiger partial charge in [0.25, 0.3) is 0 Å². The Hall–Kier alpha value is -1.44. The number of hydrogen-bond acceptors (Lipinski definition) is 2. The van der Waals surface area contributed by atoms with Crippen molar-refractivity contribution in [1.82, 2.24) is 0 Å². The van der Waals surface area contributed by atoms with Crippen molar-refractivity contribution in [3.05, 3.63) is 29.3 Å². The third-order valence-corrected chi connectivity index (χ3v) is 6.27. The summed E-state index contributed by atoms with van der Waals surface area (Å²) >= 11 is 0. The quantitative estimate of drug-likeness (QED) is 0.826. The molecule has 0 heterocycles. The summed E-state index contributed by atoms with van der Waals surface area (Å²) in [7, 11) is 1.67. The summed E-state index contributed by atoms with van der Waals surface area (Å²) in [5.74, 6) is 1.74. The first kappa shape index (κ1) is 15.5. The standard InChI is InChI=1S/C20H28O2/c1-12(2)17-15(22-6)11-14-13(18(17)21)10-16-19(3,4)8-7-9-20(14,16)5/h11,16,21H,1,7-10H2,2-6H3. The summed E-state index contributed by atoms with van der Waals surface area (Å²) < 4.78 is 5.57. The normalized spacial score (nSPS) is 28.9. The van der Waals surface area contributed by atoms with Gasteiger partial charge in [-0.2, -0.15) is 0 Å². The van der Waals surface area contributed by atoms with Crippen LogP contribution in [0, 0.1) is 11.3 Å². The van der Waals surface area contributed by atoms with E-state index in [9.17, 15) is 5.11 Å². The summed E-state index contributed by atoms with van der Waals surface area (Å²) in [5, 5.41) is 10.9. The number of allylic oxidation sites excluding steroid dienone is 1. The van der Waals surface area contributed by atoms with Crippen LogP contribution in [0.4, 0.5) is 0 Å². The summed E-state index contributed by atoms with van der Waals surface area (Å²) in [4.78, 5) is 0. The minimum atomic E-state index is 0.148. The van der Waals surface area contributed by atoms with Gasteiger partial charge in [-0.15, -0.1) is 0 Å². The van der Waals surface area contributed by atoms with Crippen LogP contribution in [0.2, 0.25) is 0 Å². The van der Waals surface area contributed by atoms with Gasteiger partial charge in [-0.05, 0) is 65.7 Å². The molecule has 1 saturated carbocycles. The molecular formula is C20H28O2. The average molecular weight is 300 g/mol. The summed E-state index contributed by atoms with van der Waals surface area (Å²) in [5.41, 5.74) is 4.52. The van der Waals surface area contributed by atoms with Crippen LogP contribution in [0.1, 0.15) is 63.6 Å². The van der Waals surface area contributed by atoms with Crippen molar-refractivity contribution >= 4 is 5.57 Å². The fourth-order valence-corrected chi connectivity index (χ4v) is 5.13. The Morgan fingerprint density at radius 2 is 2.00 bits per heavy atom. The number of phenols is 1. The zero-order valence-electron chi connectivity index (χ0n) is 14.5. The molecule has 1 N–H and O–H groups in total. The molecule has 0 radical (unpaired) electrons. The second kappa shape index (κ2) is 4.78. The number of hydrogen-bond donors (Lipinski definition) is 1. The molecule has 3 rings (SSSR count). The van der Waals surface area contributed by atoms with E-state index in [4.69, 9.17) is 4.74 Å². The highest BCUT2D eigenvalue weighted by molar-refractivity contribution is 5.76. The van der Waals surface area contributed by atoms with Gasteiger partial charge in [0.05, 0.1) is 12.7 Å². The fraction of sp³-hybridized carbons (Fsp3) is 0.600. The van der Waals surface area contributed by atoms with Gasteiger partial charge in [0.2, 0.25) is 0 Å². The predicted octanol–water partition coefficient (Wildman–Crippen LogP) is 5.07. The number of ether oxygens (including phenoxy) is 1. The molecular weight excluding hydrogens is 272 g/mol. The smallest absolute Gasteiger partial charge is 0.130 e. The van der Waals surface area contributed by atoms with E-state index in [-0.39, 0.29) is 5.41 Å². The topological polar surface area (TPSA) is 29.5 Å². The Labute approximate surface area is 134 Å². The lowest BCUT2D eigenvalue weighted by Crippen LogP contribution is -2.42. The number of phenolic OH excluding ortho intramolecular Hbond substituents is 1. The lowest BCUT2D eigenvalue weighted by Gasteiger charge is -2.47. The molecule has 22 heavy (non-hydrogen) atoms. The first-order valence-electron chi connectivity index (χ1n) is 8.31. The Kier molecular flexibility index (Phi) is 3.36. The average Bonchev–Trinajstić information content (AvgIpc) is 2.73. The molecule has 2 unspecified atom stereocenters. The molecule has 1 aromatic carbocycles. The van der Waals surface area contributed by atoms with E-state index in [1.807, 2.05) is 6.92 Å². The Balaban J connectivity index is 2.23. The lowest BCUT2D eigenvalue weighted by molar-refractivity contribution is 0.0701. The number of aromatic hydroxyl groups is 1. The Bertz CT molecular complexity index is 642. The van der Waals surface area contributed by atoms with E-state index < -0.39 is 0 Å². The summed E-state index contributed by atoms with van der Waals surface area (Å²) in [6.07, 6.45) is 4.69. The molecule has 2 atom stereocenters. The van der Waals surface area contributed by atoms with Crippen molar-refractivity contribution in [1.29, 1.82) is 0 Å². The summed E-state index contributed by atoms with van der Waals surface area (Å²) in [6.45, 7) is 13.1. The van der Waals surface area contributed by atoms with Crippen LogP contribution in [0.3, 0.4) is 0 Å². The Morgan fingerprint density at radius 3 is 2.59 bits per heavy atom. The largest absolute Gasteiger partial charge is 0.507 e. The first-order valence-corrected chi connectivity index (χ1v) is 8.31. The van der Waals surface area contributed by atoms with E-state index in [1.165, 1.54) is 24.8 Å². The van der Waals surface area contributed by atoms with Crippen molar-refractivity contribution in [2.75, 3.05) is 7.11 Å². The molecule has 0 bridgehead atoms. The van der Waals surface area contributed by atoms with Crippen LogP contribution in [-0.4, -0.2) is 12.2 Å². The van der Waals surface area contributed by atoms with Crippen molar-refractivity contribution in [2.24, 2.45) is 11.3 Å². The molecule has 2 aliphatic carbocycles. The van der Waals surface area contributed by atoms with E-state index in [1.54, 1.807) is 7.11 Å². The second-order valence-corrected chi connectivity index (χ2v) is 8.13. The fourth-order valence-electron chi connectivity index (χ4n) is 5.13. The van der Waals surface area contributed by atoms with Crippen molar-refractivity contribution in [3.8, 4) is 11.5 Å². The van der Waals surface area contributed by atoms with Crippen LogP contribution in [0.5, 0.6) is 11.5 Å². The zero-order chi connectivity index (χ0) is 16.3. The van der Waals surface area contributed by atoms with Gasteiger partial charge in [-0.3, -0.25) is 0 Å². The maximum absolute atomic E-state index is 10.9. The first-order chi connectivity index (χ1) is 10.2. The highest BCUT2D eigenvalue weighted by Crippen LogP contribution is 2.61. The van der Waals surface area contributed by atoms with Crippen LogP contribution >= 0.6 is 0 Å². The molecule has 0 saturated heterocycles. The monoisotopic (exact) mass is 300 g/mol. The molecule has 0 amide bonds. The zero-order valence-corrected chi connectivity index (χ0v) is 14.5. The number of methoxy groups -OCH3 is 1. The molecule has 2 nitrogen and oxygen atoms in total. The van der Waals surface area contributed by atoms with E-state index in [0.29, 0.717) is 17.1 Å². The van der Waals surface area contributed by atoms with E-state index in [0.717, 1.165) is 28.9 Å². The number of fused-ring (bicyclic) bond motifs is 3. The molecule has 2 aliphatic rings. The minimum Gasteiger partial charge on any atom is -0.507 e. The van der Waals surface area contributed by atoms with Crippen molar-refractivity contribution in [2.45, 2.75) is 58.8 Å². The second-order valence-electron chi connectivity index (χ2n) is 8.13. The molecule has 2 heteroatoms. The van der Waals surface area contributed by atoms with Crippen LogP contribution < -0.4 is 4.74 Å². The SMILES string of the molecule is C=C(C)c1c(OC)cc2c(c1O)CC1C(C)(C)CCCC21C. The van der Waals surface area contributed by atoms with Gasteiger partial charge in [-0.25, -0.2) is 0 Å². The van der Waals surface area contributed by atoms with Gasteiger partial charge in [0.15, 0.2) is 0 Å². The number of rotatable bonds is 2. The van der Waals surface area contributed by atoms with Crippen LogP contribution in [-0.2, 0) is 11.8 Å². The molecule has 0 spiro atoms. The third-order valence-electron chi connectivity index (χ3n) is 6.27. The molecule has 120 valence electrons. The molecule has 1 fully saturated rings. The number of benzene rings is 1. The summed E-state index contributed by atoms with van der Waals surface area (Å²) in [6, 6.07) is 2.17. The molecule has 0 aromatic heterocycles. The van der Waals surface area contributed by atoms with Gasteiger partial charge >= 0.3 is 0 Å². The third kappa shape index (κ3) is 1.92. The lowest BCUT2D eigenvalue weighted by atomic mass is 9.57. The van der Waals surface area contributed by atoms with Gasteiger partial charge < -0.3 is 9.84 Å².